The standard InChI is InChI=1S/C16H16N2O4/c1-16(2)15(21)14(18-8-10(19)6-13(18)20)11-5-9(7-17)3-4-12(11)22-16/h3-5,14-15,21H,6,8H2,1-2H3. The molecule has 3 rings (SSSR count). The van der Waals surface area contributed by atoms with Gasteiger partial charge in [-0.3, -0.25) is 9.59 Å². The molecule has 0 saturated carbocycles. The zero-order valence-corrected chi connectivity index (χ0v) is 12.4. The van der Waals surface area contributed by atoms with Crippen LogP contribution in [0.4, 0.5) is 0 Å². The number of ether oxygens (including phenoxy) is 1. The van der Waals surface area contributed by atoms with E-state index >= 15 is 0 Å². The summed E-state index contributed by atoms with van der Waals surface area (Å²) < 4.78 is 5.80. The summed E-state index contributed by atoms with van der Waals surface area (Å²) in [5.74, 6) is 0.0472. The van der Waals surface area contributed by atoms with Crippen molar-refractivity contribution in [2.45, 2.75) is 38.0 Å². The third-order valence-electron chi connectivity index (χ3n) is 4.19. The first-order valence-corrected chi connectivity index (χ1v) is 7.06. The van der Waals surface area contributed by atoms with Crippen molar-refractivity contribution in [2.75, 3.05) is 6.54 Å². The van der Waals surface area contributed by atoms with Crippen molar-refractivity contribution in [2.24, 2.45) is 0 Å². The molecule has 114 valence electrons. The predicted octanol–water partition coefficient (Wildman–Crippen LogP) is 0.933. The minimum atomic E-state index is -0.996. The Morgan fingerprint density at radius 1 is 1.41 bits per heavy atom. The lowest BCUT2D eigenvalue weighted by atomic mass is 9.85. The second-order valence-electron chi connectivity index (χ2n) is 6.20. The van der Waals surface area contributed by atoms with E-state index in [4.69, 9.17) is 10.00 Å². The van der Waals surface area contributed by atoms with Crippen LogP contribution in [0.5, 0.6) is 5.75 Å². The van der Waals surface area contributed by atoms with Crippen molar-refractivity contribution in [3.63, 3.8) is 0 Å². The Labute approximate surface area is 127 Å². The lowest BCUT2D eigenvalue weighted by Crippen LogP contribution is -2.54. The molecule has 6 nitrogen and oxygen atoms in total. The highest BCUT2D eigenvalue weighted by Gasteiger charge is 2.48. The van der Waals surface area contributed by atoms with Crippen LogP contribution in [0.2, 0.25) is 0 Å². The predicted molar refractivity (Wildman–Crippen MR) is 75.9 cm³/mol. The van der Waals surface area contributed by atoms with Gasteiger partial charge in [-0.2, -0.15) is 5.26 Å². The van der Waals surface area contributed by atoms with Crippen molar-refractivity contribution in [3.05, 3.63) is 29.3 Å². The Morgan fingerprint density at radius 2 is 2.14 bits per heavy atom. The average Bonchev–Trinajstić information content (AvgIpc) is 2.78. The van der Waals surface area contributed by atoms with Crippen molar-refractivity contribution >= 4 is 11.7 Å². The first-order chi connectivity index (χ1) is 10.3. The van der Waals surface area contributed by atoms with Gasteiger partial charge >= 0.3 is 0 Å². The Bertz CT molecular complexity index is 705. The number of Topliss-reactive ketones (excluding diaryl/α,β-unsaturated/α-hetero) is 1. The molecular weight excluding hydrogens is 284 g/mol. The number of carbonyl (C=O) groups excluding carboxylic acids is 2. The van der Waals surface area contributed by atoms with Gasteiger partial charge in [-0.05, 0) is 32.0 Å². The lowest BCUT2D eigenvalue weighted by Gasteiger charge is -2.45. The van der Waals surface area contributed by atoms with E-state index in [0.29, 0.717) is 16.9 Å². The van der Waals surface area contributed by atoms with Gasteiger partial charge in [-0.25, -0.2) is 0 Å². The molecule has 1 fully saturated rings. The van der Waals surface area contributed by atoms with E-state index in [2.05, 4.69) is 0 Å². The zero-order chi connectivity index (χ0) is 16.1. The SMILES string of the molecule is CC1(C)Oc2ccc(C#N)cc2C(N2CC(=O)CC2=O)C1O. The molecule has 2 atom stereocenters. The lowest BCUT2D eigenvalue weighted by molar-refractivity contribution is -0.139. The molecule has 0 spiro atoms. The molecular formula is C16H16N2O4. The molecule has 0 radical (unpaired) electrons. The number of carbonyl (C=O) groups is 2. The van der Waals surface area contributed by atoms with Crippen LogP contribution in [0.25, 0.3) is 0 Å². The minimum absolute atomic E-state index is 0.0210. The summed E-state index contributed by atoms with van der Waals surface area (Å²) >= 11 is 0. The summed E-state index contributed by atoms with van der Waals surface area (Å²) in [6, 6.07) is 6.24. The van der Waals surface area contributed by atoms with Crippen molar-refractivity contribution in [1.29, 1.82) is 5.26 Å². The quantitative estimate of drug-likeness (QED) is 0.779. The third kappa shape index (κ3) is 2.14. The van der Waals surface area contributed by atoms with E-state index in [1.165, 1.54) is 4.90 Å². The largest absolute Gasteiger partial charge is 0.485 e. The van der Waals surface area contributed by atoms with E-state index in [0.717, 1.165) is 0 Å². The van der Waals surface area contributed by atoms with Gasteiger partial charge in [0.25, 0.3) is 0 Å². The summed E-state index contributed by atoms with van der Waals surface area (Å²) in [7, 11) is 0. The molecule has 1 N–H and O–H groups in total. The number of benzene rings is 1. The average molecular weight is 300 g/mol. The van der Waals surface area contributed by atoms with Gasteiger partial charge in [0, 0.05) is 5.56 Å². The molecule has 0 aliphatic carbocycles. The summed E-state index contributed by atoms with van der Waals surface area (Å²) in [5, 5.41) is 19.7. The normalized spacial score (nSPS) is 26.4. The van der Waals surface area contributed by atoms with Crippen LogP contribution in [0.1, 0.15) is 37.4 Å². The zero-order valence-electron chi connectivity index (χ0n) is 12.4. The number of rotatable bonds is 1. The van der Waals surface area contributed by atoms with E-state index < -0.39 is 17.7 Å². The molecule has 1 saturated heterocycles. The molecule has 22 heavy (non-hydrogen) atoms. The number of amides is 1. The van der Waals surface area contributed by atoms with Crippen molar-refractivity contribution < 1.29 is 19.4 Å². The van der Waals surface area contributed by atoms with Crippen LogP contribution in [-0.2, 0) is 9.59 Å². The second-order valence-corrected chi connectivity index (χ2v) is 6.20. The maximum Gasteiger partial charge on any atom is 0.231 e. The number of nitrogens with zero attached hydrogens (tertiary/aromatic N) is 2. The van der Waals surface area contributed by atoms with Gasteiger partial charge in [0.2, 0.25) is 5.91 Å². The number of hydrogen-bond donors (Lipinski definition) is 1. The van der Waals surface area contributed by atoms with E-state index in [-0.39, 0.29) is 24.7 Å². The molecule has 0 bridgehead atoms. The Balaban J connectivity index is 2.13. The fraction of sp³-hybridized carbons (Fsp3) is 0.438. The van der Waals surface area contributed by atoms with Crippen molar-refractivity contribution in [1.82, 2.24) is 4.90 Å². The van der Waals surface area contributed by atoms with Crippen LogP contribution in [0, 0.1) is 11.3 Å². The van der Waals surface area contributed by atoms with Gasteiger partial charge in [0.1, 0.15) is 17.5 Å². The molecule has 2 aliphatic heterocycles. The Morgan fingerprint density at radius 3 is 2.73 bits per heavy atom. The first kappa shape index (κ1) is 14.5. The summed E-state index contributed by atoms with van der Waals surface area (Å²) in [6.45, 7) is 3.44. The van der Waals surface area contributed by atoms with Gasteiger partial charge in [0.15, 0.2) is 5.78 Å². The van der Waals surface area contributed by atoms with Gasteiger partial charge in [-0.1, -0.05) is 0 Å². The molecule has 1 amide bonds. The number of nitriles is 1. The molecule has 6 heteroatoms. The molecule has 1 aromatic rings. The van der Waals surface area contributed by atoms with E-state index in [9.17, 15) is 14.7 Å². The van der Waals surface area contributed by atoms with E-state index in [1.54, 1.807) is 32.0 Å². The summed E-state index contributed by atoms with van der Waals surface area (Å²) in [6.07, 6.45) is -1.14. The maximum absolute atomic E-state index is 12.1. The van der Waals surface area contributed by atoms with Crippen LogP contribution in [0.15, 0.2) is 18.2 Å². The molecule has 2 unspecified atom stereocenters. The number of aliphatic hydroxyl groups is 1. The Kier molecular flexibility index (Phi) is 3.18. The summed E-state index contributed by atoms with van der Waals surface area (Å²) in [4.78, 5) is 25.1. The van der Waals surface area contributed by atoms with Crippen LogP contribution < -0.4 is 4.74 Å². The molecule has 2 aliphatic rings. The van der Waals surface area contributed by atoms with Gasteiger partial charge < -0.3 is 14.7 Å². The first-order valence-electron chi connectivity index (χ1n) is 7.06. The van der Waals surface area contributed by atoms with Gasteiger partial charge in [-0.15, -0.1) is 0 Å². The monoisotopic (exact) mass is 300 g/mol. The van der Waals surface area contributed by atoms with Crippen LogP contribution >= 0.6 is 0 Å². The topological polar surface area (TPSA) is 90.6 Å². The highest BCUT2D eigenvalue weighted by atomic mass is 16.5. The highest BCUT2D eigenvalue weighted by molar-refractivity contribution is 6.05. The number of likely N-dealkylation sites (tertiary alicyclic amines) is 1. The second kappa shape index (κ2) is 4.82. The fourth-order valence-corrected chi connectivity index (χ4v) is 3.03. The fourth-order valence-electron chi connectivity index (χ4n) is 3.03. The smallest absolute Gasteiger partial charge is 0.231 e. The van der Waals surface area contributed by atoms with Crippen LogP contribution in [-0.4, -0.2) is 39.9 Å². The molecule has 0 aromatic heterocycles. The number of ketones is 1. The van der Waals surface area contributed by atoms with Crippen molar-refractivity contribution in [3.8, 4) is 11.8 Å². The molecule has 1 aromatic carbocycles. The van der Waals surface area contributed by atoms with E-state index in [1.807, 2.05) is 6.07 Å². The number of aliphatic hydroxyl groups excluding tert-OH is 1. The molecule has 2 heterocycles. The maximum atomic E-state index is 12.1. The number of fused-ring (bicyclic) bond motifs is 1. The number of hydrogen-bond acceptors (Lipinski definition) is 5. The van der Waals surface area contributed by atoms with Gasteiger partial charge in [0.05, 0.1) is 30.6 Å². The third-order valence-corrected chi connectivity index (χ3v) is 4.19. The highest BCUT2D eigenvalue weighted by Crippen LogP contribution is 2.44. The minimum Gasteiger partial charge on any atom is -0.485 e. The Hall–Kier alpha value is -2.39. The van der Waals surface area contributed by atoms with Crippen LogP contribution in [0.3, 0.4) is 0 Å². The summed E-state index contributed by atoms with van der Waals surface area (Å²) in [5.41, 5.74) is 0.0729.